The summed E-state index contributed by atoms with van der Waals surface area (Å²) in [6.07, 6.45) is 1.73. The number of benzene rings is 6. The number of nitrogens with zero attached hydrogens (tertiary/aromatic N) is 4. The molecule has 6 nitrogen and oxygen atoms in total. The molecule has 0 radical (unpaired) electrons. The molecule has 0 fully saturated rings. The van der Waals surface area contributed by atoms with Crippen LogP contribution in [0.2, 0.25) is 0 Å². The minimum atomic E-state index is -1.17. The number of hydrogen-bond donors (Lipinski definition) is 1. The smallest absolute Gasteiger partial charge is 0.282 e. The highest BCUT2D eigenvalue weighted by Gasteiger charge is 2.44. The van der Waals surface area contributed by atoms with E-state index < -0.39 is 11.1 Å². The lowest BCUT2D eigenvalue weighted by atomic mass is 9.76. The van der Waals surface area contributed by atoms with Crippen molar-refractivity contribution in [3.8, 4) is 0 Å². The van der Waals surface area contributed by atoms with E-state index in [0.717, 1.165) is 33.4 Å². The predicted octanol–water partition coefficient (Wildman–Crippen LogP) is 7.86. The molecule has 236 valence electrons. The van der Waals surface area contributed by atoms with Gasteiger partial charge in [0.05, 0.1) is 6.33 Å². The molecule has 0 spiro atoms. The fourth-order valence-corrected chi connectivity index (χ4v) is 7.45. The van der Waals surface area contributed by atoms with Crippen molar-refractivity contribution in [2.75, 3.05) is 5.73 Å². The summed E-state index contributed by atoms with van der Waals surface area (Å²) >= 11 is 0. The van der Waals surface area contributed by atoms with Crippen molar-refractivity contribution in [3.05, 3.63) is 232 Å². The first-order valence-corrected chi connectivity index (χ1v) is 16.3. The topological polar surface area (TPSA) is 78.7 Å². The van der Waals surface area contributed by atoms with Crippen molar-refractivity contribution in [2.45, 2.75) is 11.1 Å². The number of rotatable bonds is 8. The predicted molar refractivity (Wildman–Crippen MR) is 195 cm³/mol. The molecule has 49 heavy (non-hydrogen) atoms. The maximum absolute atomic E-state index is 15.7. The van der Waals surface area contributed by atoms with E-state index in [1.165, 1.54) is 0 Å². The van der Waals surface area contributed by atoms with Gasteiger partial charge < -0.3 is 10.3 Å². The fraction of sp³-hybridized carbons (Fsp3) is 0.0465. The average molecular weight is 636 g/mol. The van der Waals surface area contributed by atoms with Gasteiger partial charge in [-0.1, -0.05) is 182 Å². The van der Waals surface area contributed by atoms with Gasteiger partial charge in [-0.2, -0.15) is 4.98 Å². The zero-order valence-corrected chi connectivity index (χ0v) is 26.7. The maximum Gasteiger partial charge on any atom is 0.282 e. The van der Waals surface area contributed by atoms with Gasteiger partial charge in [-0.25, -0.2) is 4.98 Å². The quantitative estimate of drug-likeness (QED) is 0.173. The number of nitrogens with two attached hydrogens (primary N) is 1. The molecule has 0 bridgehead atoms. The van der Waals surface area contributed by atoms with E-state index >= 15 is 4.79 Å². The summed E-state index contributed by atoms with van der Waals surface area (Å²) in [5, 5.41) is 0. The van der Waals surface area contributed by atoms with Crippen molar-refractivity contribution in [1.29, 1.82) is 0 Å². The largest absolute Gasteiger partial charge is 0.369 e. The molecule has 0 amide bonds. The van der Waals surface area contributed by atoms with Crippen LogP contribution in [0.5, 0.6) is 0 Å². The maximum atomic E-state index is 15.7. The minimum absolute atomic E-state index is 0.0593. The molecule has 0 aliphatic carbocycles. The van der Waals surface area contributed by atoms with E-state index in [4.69, 9.17) is 15.7 Å². The van der Waals surface area contributed by atoms with Crippen LogP contribution in [0.1, 0.15) is 33.4 Å². The lowest BCUT2D eigenvalue weighted by Crippen LogP contribution is -2.47. The highest BCUT2D eigenvalue weighted by molar-refractivity contribution is 5.74. The van der Waals surface area contributed by atoms with E-state index in [-0.39, 0.29) is 17.2 Å². The van der Waals surface area contributed by atoms with Crippen molar-refractivity contribution in [2.24, 2.45) is 0 Å². The Bertz CT molecular complexity index is 2200. The van der Waals surface area contributed by atoms with Crippen LogP contribution < -0.4 is 11.3 Å². The Hall–Kier alpha value is -6.53. The van der Waals surface area contributed by atoms with Crippen molar-refractivity contribution < 1.29 is 0 Å². The third-order valence-corrected chi connectivity index (χ3v) is 9.45. The average Bonchev–Trinajstić information content (AvgIpc) is 3.60. The van der Waals surface area contributed by atoms with Gasteiger partial charge in [-0.3, -0.25) is 9.36 Å². The Kier molecular flexibility index (Phi) is 7.46. The van der Waals surface area contributed by atoms with Gasteiger partial charge in [-0.15, -0.1) is 0 Å². The molecule has 0 saturated heterocycles. The molecule has 0 aliphatic rings. The summed E-state index contributed by atoms with van der Waals surface area (Å²) < 4.78 is 3.64. The fourth-order valence-electron chi connectivity index (χ4n) is 7.45. The van der Waals surface area contributed by atoms with E-state index in [9.17, 15) is 0 Å². The Balaban J connectivity index is 1.57. The van der Waals surface area contributed by atoms with Crippen LogP contribution in [-0.4, -0.2) is 19.1 Å². The number of hydrogen-bond acceptors (Lipinski definition) is 4. The molecule has 2 N–H and O–H groups in total. The summed E-state index contributed by atoms with van der Waals surface area (Å²) in [7, 11) is 0. The molecular formula is C43H33N5O. The Morgan fingerprint density at radius 1 is 0.449 bits per heavy atom. The summed E-state index contributed by atoms with van der Waals surface area (Å²) in [6, 6.07) is 60.8. The van der Waals surface area contributed by atoms with Gasteiger partial charge in [0.15, 0.2) is 11.2 Å². The molecule has 0 aliphatic heterocycles. The van der Waals surface area contributed by atoms with Gasteiger partial charge in [0.2, 0.25) is 5.95 Å². The third-order valence-electron chi connectivity index (χ3n) is 9.45. The first-order valence-electron chi connectivity index (χ1n) is 16.3. The number of nitrogen functional groups attached to an aromatic ring is 1. The second-order valence-electron chi connectivity index (χ2n) is 12.0. The number of fused-ring (bicyclic) bond motifs is 1. The molecule has 0 unspecified atom stereocenters. The highest BCUT2D eigenvalue weighted by atomic mass is 16.1. The molecule has 2 heterocycles. The van der Waals surface area contributed by atoms with E-state index in [0.29, 0.717) is 5.52 Å². The SMILES string of the molecule is Nc1nc2ncn(C(c3ccccc3)(c3ccccc3)c3ccccc3)c2c(=O)n1C(c1ccccc1)(c1ccccc1)c1ccccc1. The van der Waals surface area contributed by atoms with E-state index in [1.807, 2.05) is 150 Å². The normalized spacial score (nSPS) is 11.8. The zero-order valence-electron chi connectivity index (χ0n) is 26.7. The van der Waals surface area contributed by atoms with Crippen molar-refractivity contribution >= 4 is 17.1 Å². The summed E-state index contributed by atoms with van der Waals surface area (Å²) in [5.41, 5.74) is 10.6. The second-order valence-corrected chi connectivity index (χ2v) is 12.0. The first-order chi connectivity index (χ1) is 24.2. The summed E-state index contributed by atoms with van der Waals surface area (Å²) in [4.78, 5) is 25.4. The van der Waals surface area contributed by atoms with Gasteiger partial charge in [0, 0.05) is 0 Å². The van der Waals surface area contributed by atoms with Crippen LogP contribution in [0.15, 0.2) is 193 Å². The minimum Gasteiger partial charge on any atom is -0.369 e. The second kappa shape index (κ2) is 12.2. The highest BCUT2D eigenvalue weighted by Crippen LogP contribution is 2.44. The molecule has 8 rings (SSSR count). The lowest BCUT2D eigenvalue weighted by molar-refractivity contribution is 0.493. The van der Waals surface area contributed by atoms with Gasteiger partial charge in [-0.05, 0) is 33.4 Å². The summed E-state index contributed by atoms with van der Waals surface area (Å²) in [6.45, 7) is 0. The van der Waals surface area contributed by atoms with Gasteiger partial charge in [0.1, 0.15) is 11.1 Å². The number of imidazole rings is 1. The van der Waals surface area contributed by atoms with Gasteiger partial charge >= 0.3 is 0 Å². The molecule has 0 saturated carbocycles. The molecule has 6 heteroatoms. The van der Waals surface area contributed by atoms with E-state index in [1.54, 1.807) is 10.9 Å². The Morgan fingerprint density at radius 2 is 0.755 bits per heavy atom. The molecule has 6 aromatic carbocycles. The van der Waals surface area contributed by atoms with Crippen LogP contribution in [0, 0.1) is 0 Å². The van der Waals surface area contributed by atoms with E-state index in [2.05, 4.69) is 36.4 Å². The Morgan fingerprint density at radius 3 is 1.08 bits per heavy atom. The van der Waals surface area contributed by atoms with Crippen LogP contribution in [0.25, 0.3) is 11.2 Å². The van der Waals surface area contributed by atoms with Crippen molar-refractivity contribution in [3.63, 3.8) is 0 Å². The van der Waals surface area contributed by atoms with Crippen LogP contribution in [0.4, 0.5) is 5.95 Å². The molecule has 2 aromatic heterocycles. The summed E-state index contributed by atoms with van der Waals surface area (Å²) in [5.74, 6) is 0.0593. The number of aromatic nitrogens is 4. The Labute approximate surface area is 284 Å². The number of anilines is 1. The van der Waals surface area contributed by atoms with Crippen LogP contribution in [-0.2, 0) is 11.1 Å². The molecule has 0 atom stereocenters. The van der Waals surface area contributed by atoms with Gasteiger partial charge in [0.25, 0.3) is 5.56 Å². The molecular weight excluding hydrogens is 603 g/mol. The van der Waals surface area contributed by atoms with Crippen LogP contribution >= 0.6 is 0 Å². The zero-order chi connectivity index (χ0) is 33.3. The molecule has 8 aromatic rings. The standard InChI is InChI=1S/C43H33N5O/c44-41-46-39-38(40(49)48(41)43(35-25-13-4-14-26-35,36-27-15-5-16-28-36)37-29-17-6-18-30-37)47(31-45-39)42(32-19-7-1-8-20-32,33-21-9-2-10-22-33)34-23-11-3-12-24-34/h1-31H,(H2,44,46). The van der Waals surface area contributed by atoms with Crippen LogP contribution in [0.3, 0.4) is 0 Å². The first kappa shape index (κ1) is 29.8. The lowest BCUT2D eigenvalue weighted by Gasteiger charge is -2.39. The monoisotopic (exact) mass is 635 g/mol. The third kappa shape index (κ3) is 4.60. The van der Waals surface area contributed by atoms with Crippen molar-refractivity contribution in [1.82, 2.24) is 19.1 Å².